The maximum absolute atomic E-state index is 13.5. The fourth-order valence-electron chi connectivity index (χ4n) is 3.17. The van der Waals surface area contributed by atoms with Crippen LogP contribution in [0.25, 0.3) is 0 Å². The van der Waals surface area contributed by atoms with Gasteiger partial charge in [0.1, 0.15) is 0 Å². The van der Waals surface area contributed by atoms with Crippen LogP contribution in [0.2, 0.25) is 10.0 Å². The molecule has 0 spiro atoms. The van der Waals surface area contributed by atoms with Crippen LogP contribution < -0.4 is 4.90 Å². The van der Waals surface area contributed by atoms with Gasteiger partial charge in [-0.05, 0) is 86.6 Å². The lowest BCUT2D eigenvalue weighted by molar-refractivity contribution is -0.120. The SMILES string of the molecule is CC(C)OC(=O)c1ccc(N2C(=O)C(Sc3ccc(Cl)cc3)=C(Sc3ccc(Cl)cc3)C2=O)cc1. The van der Waals surface area contributed by atoms with Gasteiger partial charge in [-0.15, -0.1) is 0 Å². The number of halogens is 2. The van der Waals surface area contributed by atoms with E-state index in [2.05, 4.69) is 0 Å². The number of hydrogen-bond donors (Lipinski definition) is 0. The quantitative estimate of drug-likeness (QED) is 0.231. The highest BCUT2D eigenvalue weighted by molar-refractivity contribution is 8.08. The first kappa shape index (κ1) is 25.4. The lowest BCUT2D eigenvalue weighted by atomic mass is 10.2. The van der Waals surface area contributed by atoms with Gasteiger partial charge in [-0.3, -0.25) is 9.59 Å². The highest BCUT2D eigenvalue weighted by Crippen LogP contribution is 2.44. The molecule has 2 amide bonds. The molecule has 0 bridgehead atoms. The highest BCUT2D eigenvalue weighted by atomic mass is 35.5. The molecule has 0 N–H and O–H groups in total. The summed E-state index contributed by atoms with van der Waals surface area (Å²) in [6.45, 7) is 3.53. The molecule has 0 atom stereocenters. The molecule has 35 heavy (non-hydrogen) atoms. The molecule has 0 aliphatic carbocycles. The topological polar surface area (TPSA) is 63.7 Å². The van der Waals surface area contributed by atoms with Gasteiger partial charge in [-0.1, -0.05) is 46.7 Å². The molecule has 1 aliphatic rings. The van der Waals surface area contributed by atoms with Crippen LogP contribution in [0.15, 0.2) is 92.4 Å². The van der Waals surface area contributed by atoms with Crippen molar-refractivity contribution in [2.45, 2.75) is 29.7 Å². The number of imide groups is 1. The summed E-state index contributed by atoms with van der Waals surface area (Å²) in [5, 5.41) is 1.15. The second-order valence-electron chi connectivity index (χ2n) is 7.72. The average molecular weight is 544 g/mol. The van der Waals surface area contributed by atoms with Gasteiger partial charge in [0.25, 0.3) is 11.8 Å². The molecule has 0 saturated carbocycles. The van der Waals surface area contributed by atoms with Gasteiger partial charge >= 0.3 is 5.97 Å². The Kier molecular flexibility index (Phi) is 7.91. The van der Waals surface area contributed by atoms with E-state index in [1.807, 2.05) is 0 Å². The summed E-state index contributed by atoms with van der Waals surface area (Å²) in [7, 11) is 0. The van der Waals surface area contributed by atoms with E-state index in [9.17, 15) is 14.4 Å². The molecule has 0 fully saturated rings. The largest absolute Gasteiger partial charge is 0.459 e. The number of nitrogens with zero attached hydrogens (tertiary/aromatic N) is 1. The van der Waals surface area contributed by atoms with Crippen molar-refractivity contribution in [2.24, 2.45) is 0 Å². The summed E-state index contributed by atoms with van der Waals surface area (Å²) in [5.41, 5.74) is 0.697. The van der Waals surface area contributed by atoms with Gasteiger partial charge < -0.3 is 4.74 Å². The van der Waals surface area contributed by atoms with Gasteiger partial charge in [0.15, 0.2) is 0 Å². The van der Waals surface area contributed by atoms with Crippen molar-refractivity contribution in [3.8, 4) is 0 Å². The molecule has 178 valence electrons. The van der Waals surface area contributed by atoms with E-state index in [0.717, 1.165) is 14.7 Å². The van der Waals surface area contributed by atoms with Crippen molar-refractivity contribution in [3.05, 3.63) is 98.2 Å². The standard InChI is InChI=1S/C26H19Cl2NO4S2/c1-15(2)33-26(32)16-3-9-19(10-4-16)29-24(30)22(34-20-11-5-17(27)6-12-20)23(25(29)31)35-21-13-7-18(28)8-14-21/h3-15H,1-2H3. The molecule has 5 nitrogen and oxygen atoms in total. The lowest BCUT2D eigenvalue weighted by Crippen LogP contribution is -2.31. The molecule has 0 unspecified atom stereocenters. The molecule has 0 saturated heterocycles. The smallest absolute Gasteiger partial charge is 0.338 e. The van der Waals surface area contributed by atoms with E-state index in [-0.39, 0.29) is 6.10 Å². The zero-order chi connectivity index (χ0) is 25.1. The molecular weight excluding hydrogens is 525 g/mol. The van der Waals surface area contributed by atoms with Crippen molar-refractivity contribution in [3.63, 3.8) is 0 Å². The Morgan fingerprint density at radius 2 is 1.17 bits per heavy atom. The van der Waals surface area contributed by atoms with Crippen molar-refractivity contribution in [2.75, 3.05) is 4.90 Å². The van der Waals surface area contributed by atoms with E-state index in [4.69, 9.17) is 27.9 Å². The maximum Gasteiger partial charge on any atom is 0.338 e. The van der Waals surface area contributed by atoms with Gasteiger partial charge in [0.05, 0.1) is 27.2 Å². The number of anilines is 1. The first-order valence-electron chi connectivity index (χ1n) is 10.5. The Labute approximate surface area is 221 Å². The van der Waals surface area contributed by atoms with Crippen molar-refractivity contribution in [1.82, 2.24) is 0 Å². The lowest BCUT2D eigenvalue weighted by Gasteiger charge is -2.16. The summed E-state index contributed by atoms with van der Waals surface area (Å²) >= 11 is 14.4. The normalized spacial score (nSPS) is 13.7. The molecule has 1 aliphatic heterocycles. The summed E-state index contributed by atoms with van der Waals surface area (Å²) < 4.78 is 5.21. The molecule has 1 heterocycles. The third-order valence-corrected chi connectivity index (χ3v) is 7.59. The van der Waals surface area contributed by atoms with Crippen LogP contribution in [-0.2, 0) is 14.3 Å². The van der Waals surface area contributed by atoms with Crippen molar-refractivity contribution in [1.29, 1.82) is 0 Å². The number of amides is 2. The number of carbonyl (C=O) groups is 3. The first-order valence-corrected chi connectivity index (χ1v) is 12.9. The van der Waals surface area contributed by atoms with E-state index in [1.165, 1.54) is 35.7 Å². The van der Waals surface area contributed by atoms with Crippen LogP contribution in [0.1, 0.15) is 24.2 Å². The number of esters is 1. The Morgan fingerprint density at radius 3 is 1.57 bits per heavy atom. The number of benzene rings is 3. The fourth-order valence-corrected chi connectivity index (χ4v) is 5.41. The Morgan fingerprint density at radius 1 is 0.743 bits per heavy atom. The van der Waals surface area contributed by atoms with E-state index in [0.29, 0.717) is 31.1 Å². The van der Waals surface area contributed by atoms with E-state index in [1.54, 1.807) is 74.5 Å². The summed E-state index contributed by atoms with van der Waals surface area (Å²) in [5.74, 6) is -1.35. The second-order valence-corrected chi connectivity index (χ2v) is 10.8. The predicted molar refractivity (Wildman–Crippen MR) is 141 cm³/mol. The Balaban J connectivity index is 1.66. The Hall–Kier alpha value is -2.71. The summed E-state index contributed by atoms with van der Waals surface area (Å²) in [4.78, 5) is 42.4. The van der Waals surface area contributed by atoms with Crippen LogP contribution in [0.3, 0.4) is 0 Å². The third kappa shape index (κ3) is 5.93. The number of hydrogen-bond acceptors (Lipinski definition) is 6. The molecular formula is C26H19Cl2NO4S2. The van der Waals surface area contributed by atoms with Crippen LogP contribution in [0.4, 0.5) is 5.69 Å². The van der Waals surface area contributed by atoms with Crippen LogP contribution in [0, 0.1) is 0 Å². The summed E-state index contributed by atoms with van der Waals surface area (Å²) in [6.07, 6.45) is -0.256. The fraction of sp³-hybridized carbons (Fsp3) is 0.115. The van der Waals surface area contributed by atoms with Crippen molar-refractivity contribution >= 4 is 70.2 Å². The van der Waals surface area contributed by atoms with Crippen LogP contribution in [-0.4, -0.2) is 23.9 Å². The Bertz CT molecular complexity index is 1240. The van der Waals surface area contributed by atoms with E-state index < -0.39 is 17.8 Å². The molecule has 0 radical (unpaired) electrons. The minimum absolute atomic E-state index is 0.256. The predicted octanol–water partition coefficient (Wildman–Crippen LogP) is 7.23. The van der Waals surface area contributed by atoms with Crippen molar-refractivity contribution < 1.29 is 19.1 Å². The molecule has 3 aromatic carbocycles. The zero-order valence-electron chi connectivity index (χ0n) is 18.7. The minimum Gasteiger partial charge on any atom is -0.459 e. The number of ether oxygens (including phenoxy) is 1. The van der Waals surface area contributed by atoms with Gasteiger partial charge in [-0.2, -0.15) is 0 Å². The highest BCUT2D eigenvalue weighted by Gasteiger charge is 2.40. The maximum atomic E-state index is 13.5. The minimum atomic E-state index is -0.471. The van der Waals surface area contributed by atoms with E-state index >= 15 is 0 Å². The first-order chi connectivity index (χ1) is 16.7. The van der Waals surface area contributed by atoms with Gasteiger partial charge in [0.2, 0.25) is 0 Å². The van der Waals surface area contributed by atoms with Gasteiger partial charge in [0, 0.05) is 19.8 Å². The zero-order valence-corrected chi connectivity index (χ0v) is 21.8. The number of thioether (sulfide) groups is 2. The molecule has 0 aromatic heterocycles. The molecule has 3 aromatic rings. The van der Waals surface area contributed by atoms with Gasteiger partial charge in [-0.25, -0.2) is 9.69 Å². The number of rotatable bonds is 7. The average Bonchev–Trinajstić information content (AvgIpc) is 3.05. The van der Waals surface area contributed by atoms with Crippen LogP contribution in [0.5, 0.6) is 0 Å². The molecule has 9 heteroatoms. The third-order valence-electron chi connectivity index (χ3n) is 4.77. The molecule has 4 rings (SSSR count). The van der Waals surface area contributed by atoms with Crippen LogP contribution >= 0.6 is 46.7 Å². The number of carbonyl (C=O) groups excluding carboxylic acids is 3. The summed E-state index contributed by atoms with van der Waals surface area (Å²) in [6, 6.07) is 20.3. The second kappa shape index (κ2) is 10.9. The monoisotopic (exact) mass is 543 g/mol.